The van der Waals surface area contributed by atoms with Crippen molar-refractivity contribution in [3.8, 4) is 0 Å². The van der Waals surface area contributed by atoms with Gasteiger partial charge in [-0.2, -0.15) is 5.10 Å². The minimum absolute atomic E-state index is 0.200. The van der Waals surface area contributed by atoms with Crippen LogP contribution in [0.3, 0.4) is 0 Å². The summed E-state index contributed by atoms with van der Waals surface area (Å²) < 4.78 is 0. The smallest absolute Gasteiger partial charge is 0.322 e. The van der Waals surface area contributed by atoms with Crippen LogP contribution >= 0.6 is 11.6 Å². The first-order valence-electron chi connectivity index (χ1n) is 9.29. The van der Waals surface area contributed by atoms with Crippen molar-refractivity contribution in [3.63, 3.8) is 0 Å². The third-order valence-electron chi connectivity index (χ3n) is 4.16. The van der Waals surface area contributed by atoms with Crippen molar-refractivity contribution >= 4 is 46.9 Å². The second-order valence-electron chi connectivity index (χ2n) is 6.57. The van der Waals surface area contributed by atoms with Crippen molar-refractivity contribution in [1.29, 1.82) is 0 Å². The highest BCUT2D eigenvalue weighted by Crippen LogP contribution is 2.18. The van der Waals surface area contributed by atoms with E-state index in [1.54, 1.807) is 54.6 Å². The third-order valence-corrected chi connectivity index (χ3v) is 4.40. The van der Waals surface area contributed by atoms with Crippen molar-refractivity contribution in [2.75, 3.05) is 10.6 Å². The van der Waals surface area contributed by atoms with Gasteiger partial charge in [-0.3, -0.25) is 14.4 Å². The second-order valence-corrected chi connectivity index (χ2v) is 7.01. The highest BCUT2D eigenvalue weighted by atomic mass is 35.5. The summed E-state index contributed by atoms with van der Waals surface area (Å²) in [6, 6.07) is 20.5. The predicted molar refractivity (Wildman–Crippen MR) is 121 cm³/mol. The highest BCUT2D eigenvalue weighted by Gasteiger charge is 2.17. The van der Waals surface area contributed by atoms with Crippen LogP contribution in [0.25, 0.3) is 0 Å². The summed E-state index contributed by atoms with van der Waals surface area (Å²) in [4.78, 5) is 36.9. The molecule has 0 aliphatic carbocycles. The quantitative estimate of drug-likeness (QED) is 0.321. The van der Waals surface area contributed by atoms with E-state index in [1.165, 1.54) is 12.3 Å². The maximum atomic E-state index is 12.6. The van der Waals surface area contributed by atoms with Crippen LogP contribution < -0.4 is 16.1 Å². The van der Waals surface area contributed by atoms with Crippen LogP contribution in [0, 0.1) is 6.92 Å². The molecular weight excluding hydrogens is 416 g/mol. The van der Waals surface area contributed by atoms with E-state index in [0.29, 0.717) is 16.3 Å². The van der Waals surface area contributed by atoms with Crippen LogP contribution in [0.1, 0.15) is 21.5 Å². The largest absolute Gasteiger partial charge is 0.329 e. The lowest BCUT2D eigenvalue weighted by molar-refractivity contribution is -0.136. The first-order valence-corrected chi connectivity index (χ1v) is 9.67. The Labute approximate surface area is 184 Å². The number of amides is 3. The van der Waals surface area contributed by atoms with Gasteiger partial charge in [0, 0.05) is 10.7 Å². The molecule has 0 saturated carbocycles. The molecule has 3 N–H and O–H groups in total. The predicted octanol–water partition coefficient (Wildman–Crippen LogP) is 3.99. The fraction of sp³-hybridized carbons (Fsp3) is 0.0435. The first kappa shape index (κ1) is 21.7. The van der Waals surface area contributed by atoms with E-state index < -0.39 is 17.7 Å². The fourth-order valence-electron chi connectivity index (χ4n) is 2.61. The van der Waals surface area contributed by atoms with E-state index >= 15 is 0 Å². The summed E-state index contributed by atoms with van der Waals surface area (Å²) in [5, 5.41) is 9.46. The Balaban J connectivity index is 1.63. The summed E-state index contributed by atoms with van der Waals surface area (Å²) in [7, 11) is 0. The molecule has 0 spiro atoms. The van der Waals surface area contributed by atoms with Crippen molar-refractivity contribution in [2.24, 2.45) is 5.10 Å². The first-order chi connectivity index (χ1) is 14.9. The molecule has 3 rings (SSSR count). The third kappa shape index (κ3) is 6.25. The molecule has 8 heteroatoms. The van der Waals surface area contributed by atoms with E-state index in [9.17, 15) is 14.4 Å². The molecule has 0 saturated heterocycles. The van der Waals surface area contributed by atoms with E-state index in [2.05, 4.69) is 21.2 Å². The van der Waals surface area contributed by atoms with Crippen LogP contribution in [0.5, 0.6) is 0 Å². The zero-order valence-electron chi connectivity index (χ0n) is 16.6. The zero-order valence-corrected chi connectivity index (χ0v) is 17.3. The maximum absolute atomic E-state index is 12.6. The lowest BCUT2D eigenvalue weighted by atomic mass is 10.1. The van der Waals surface area contributed by atoms with Gasteiger partial charge in [-0.15, -0.1) is 0 Å². The molecule has 0 fully saturated rings. The number of carbonyl (C=O) groups is 3. The van der Waals surface area contributed by atoms with Crippen LogP contribution in [-0.2, 0) is 9.59 Å². The minimum Gasteiger partial charge on any atom is -0.322 e. The van der Waals surface area contributed by atoms with E-state index in [0.717, 1.165) is 5.56 Å². The number of anilines is 2. The summed E-state index contributed by atoms with van der Waals surface area (Å²) in [6.45, 7) is 1.94. The Morgan fingerprint density at radius 3 is 2.35 bits per heavy atom. The standard InChI is InChI=1S/C23H19ClN4O3/c1-15-9-11-18(12-10-15)26-21(29)19-7-2-3-8-20(19)27-22(30)23(31)28-25-14-16-5-4-6-17(24)13-16/h2-14H,1H3,(H,26,29)(H,27,30)(H,28,31)/b25-14+. The minimum atomic E-state index is -0.980. The molecule has 0 aromatic heterocycles. The molecule has 3 aromatic rings. The molecule has 3 amide bonds. The number of hydrazone groups is 1. The molecule has 7 nitrogen and oxygen atoms in total. The van der Waals surface area contributed by atoms with Gasteiger partial charge < -0.3 is 10.6 Å². The molecule has 0 heterocycles. The number of hydrogen-bond donors (Lipinski definition) is 3. The maximum Gasteiger partial charge on any atom is 0.329 e. The van der Waals surface area contributed by atoms with Gasteiger partial charge in [-0.25, -0.2) is 5.43 Å². The van der Waals surface area contributed by atoms with Gasteiger partial charge in [0.25, 0.3) is 5.91 Å². The van der Waals surface area contributed by atoms with Gasteiger partial charge in [0.1, 0.15) is 0 Å². The van der Waals surface area contributed by atoms with Crippen LogP contribution in [-0.4, -0.2) is 23.9 Å². The SMILES string of the molecule is Cc1ccc(NC(=O)c2ccccc2NC(=O)C(=O)N/N=C/c2cccc(Cl)c2)cc1. The number of carbonyl (C=O) groups excluding carboxylic acids is 3. The Hall–Kier alpha value is -3.97. The summed E-state index contributed by atoms with van der Waals surface area (Å²) in [5.41, 5.74) is 4.89. The molecule has 3 aromatic carbocycles. The number of para-hydroxylation sites is 1. The monoisotopic (exact) mass is 434 g/mol. The van der Waals surface area contributed by atoms with Gasteiger partial charge in [0.05, 0.1) is 17.5 Å². The zero-order chi connectivity index (χ0) is 22.2. The molecule has 0 aliphatic heterocycles. The normalized spacial score (nSPS) is 10.5. The Kier molecular flexibility index (Phi) is 7.13. The Morgan fingerprint density at radius 2 is 1.61 bits per heavy atom. The van der Waals surface area contributed by atoms with Crippen LogP contribution in [0.4, 0.5) is 11.4 Å². The molecule has 156 valence electrons. The number of halogens is 1. The number of rotatable bonds is 5. The summed E-state index contributed by atoms with van der Waals surface area (Å²) in [6.07, 6.45) is 1.36. The van der Waals surface area contributed by atoms with Gasteiger partial charge >= 0.3 is 11.8 Å². The number of hydrogen-bond acceptors (Lipinski definition) is 4. The lowest BCUT2D eigenvalue weighted by Crippen LogP contribution is -2.33. The topological polar surface area (TPSA) is 99.7 Å². The van der Waals surface area contributed by atoms with Gasteiger partial charge in [0.15, 0.2) is 0 Å². The van der Waals surface area contributed by atoms with Gasteiger partial charge in [-0.1, -0.05) is 53.6 Å². The average molecular weight is 435 g/mol. The van der Waals surface area contributed by atoms with Crippen LogP contribution in [0.2, 0.25) is 5.02 Å². The number of nitrogens with one attached hydrogen (secondary N) is 3. The fourth-order valence-corrected chi connectivity index (χ4v) is 2.81. The Morgan fingerprint density at radius 1 is 0.871 bits per heavy atom. The average Bonchev–Trinajstić information content (AvgIpc) is 2.75. The highest BCUT2D eigenvalue weighted by molar-refractivity contribution is 6.40. The molecule has 0 bridgehead atoms. The number of aryl methyl sites for hydroxylation is 1. The van der Waals surface area contributed by atoms with Crippen molar-refractivity contribution in [2.45, 2.75) is 6.92 Å². The Bertz CT molecular complexity index is 1140. The van der Waals surface area contributed by atoms with Crippen molar-refractivity contribution in [3.05, 3.63) is 94.5 Å². The molecule has 31 heavy (non-hydrogen) atoms. The van der Waals surface area contributed by atoms with E-state index in [-0.39, 0.29) is 11.3 Å². The van der Waals surface area contributed by atoms with Crippen molar-refractivity contribution in [1.82, 2.24) is 5.43 Å². The van der Waals surface area contributed by atoms with Crippen LogP contribution in [0.15, 0.2) is 77.9 Å². The lowest BCUT2D eigenvalue weighted by Gasteiger charge is -2.11. The van der Waals surface area contributed by atoms with E-state index in [1.807, 2.05) is 19.1 Å². The summed E-state index contributed by atoms with van der Waals surface area (Å²) >= 11 is 5.88. The molecule has 0 radical (unpaired) electrons. The molecular formula is C23H19ClN4O3. The molecule has 0 aliphatic rings. The summed E-state index contributed by atoms with van der Waals surface area (Å²) in [5.74, 6) is -2.36. The molecule has 0 unspecified atom stereocenters. The molecule has 0 atom stereocenters. The van der Waals surface area contributed by atoms with Gasteiger partial charge in [0.2, 0.25) is 0 Å². The van der Waals surface area contributed by atoms with Crippen molar-refractivity contribution < 1.29 is 14.4 Å². The van der Waals surface area contributed by atoms with Gasteiger partial charge in [-0.05, 0) is 48.9 Å². The second kappa shape index (κ2) is 10.2. The number of nitrogens with zero attached hydrogens (tertiary/aromatic N) is 1. The van der Waals surface area contributed by atoms with E-state index in [4.69, 9.17) is 11.6 Å². The number of benzene rings is 3.